The number of aromatic hydroxyl groups is 4. The van der Waals surface area contributed by atoms with Crippen molar-refractivity contribution in [2.24, 2.45) is 0 Å². The molecule has 17 heteroatoms. The van der Waals surface area contributed by atoms with Crippen LogP contribution in [0.3, 0.4) is 0 Å². The maximum atomic E-state index is 11.1. The second kappa shape index (κ2) is 25.5. The van der Waals surface area contributed by atoms with Crippen molar-refractivity contribution in [3.8, 4) is 23.0 Å². The maximum absolute atomic E-state index is 11.1. The second-order valence-electron chi connectivity index (χ2n) is 10.8. The number of nitro groups is 2. The van der Waals surface area contributed by atoms with E-state index in [0.717, 1.165) is 114 Å². The van der Waals surface area contributed by atoms with E-state index in [2.05, 4.69) is 21.3 Å². The first-order chi connectivity index (χ1) is 22.2. The van der Waals surface area contributed by atoms with Crippen LogP contribution in [0.5, 0.6) is 23.0 Å². The number of phenolic OH excluding ortho intramolecular Hbond substituents is 4. The summed E-state index contributed by atoms with van der Waals surface area (Å²) in [7, 11) is 3.76. The predicted octanol–water partition coefficient (Wildman–Crippen LogP) is 5.46. The third-order valence-corrected chi connectivity index (χ3v) is 9.51. The summed E-state index contributed by atoms with van der Waals surface area (Å²) < 4.78 is 0. The van der Waals surface area contributed by atoms with Gasteiger partial charge in [-0.1, -0.05) is 47.3 Å². The van der Waals surface area contributed by atoms with Gasteiger partial charge in [0.2, 0.25) is 0 Å². The first kappa shape index (κ1) is 42.5. The van der Waals surface area contributed by atoms with Crippen molar-refractivity contribution in [2.75, 3.05) is 50.8 Å². The fourth-order valence-corrected chi connectivity index (χ4v) is 6.49. The number of unbranched alkanes of at least 4 members (excludes halogenated alkanes) is 6. The van der Waals surface area contributed by atoms with E-state index in [-0.39, 0.29) is 52.9 Å². The molecule has 0 aliphatic carbocycles. The summed E-state index contributed by atoms with van der Waals surface area (Å²) in [5.41, 5.74) is 0.275. The molecule has 0 bridgehead atoms. The summed E-state index contributed by atoms with van der Waals surface area (Å²) in [4.78, 5) is 21.1. The van der Waals surface area contributed by atoms with E-state index in [4.69, 9.17) is 0 Å². The summed E-state index contributed by atoms with van der Waals surface area (Å²) >= 11 is 0. The summed E-state index contributed by atoms with van der Waals surface area (Å²) in [5, 5.41) is 73.7. The lowest BCUT2D eigenvalue weighted by molar-refractivity contribution is -0.385. The van der Waals surface area contributed by atoms with Gasteiger partial charge in [-0.15, -0.1) is 17.0 Å². The zero-order valence-corrected chi connectivity index (χ0v) is 29.9. The van der Waals surface area contributed by atoms with Gasteiger partial charge in [0.25, 0.3) is 11.4 Å². The number of benzene rings is 2. The molecule has 8 N–H and O–H groups in total. The van der Waals surface area contributed by atoms with Crippen molar-refractivity contribution in [3.63, 3.8) is 0 Å². The molecule has 0 fully saturated rings. The van der Waals surface area contributed by atoms with Crippen molar-refractivity contribution in [3.05, 3.63) is 55.6 Å². The van der Waals surface area contributed by atoms with Gasteiger partial charge < -0.3 is 41.7 Å². The van der Waals surface area contributed by atoms with E-state index in [1.165, 1.54) is 12.1 Å². The van der Waals surface area contributed by atoms with Gasteiger partial charge in [-0.2, -0.15) is 0 Å². The van der Waals surface area contributed by atoms with Crippen LogP contribution < -0.4 is 21.3 Å². The molecule has 2 aromatic carbocycles. The normalized spacial score (nSPS) is 11.0. The quantitative estimate of drug-likeness (QED) is 0.0186. The Labute approximate surface area is 294 Å². The average Bonchev–Trinajstić information content (AvgIpc) is 3.02. The molecule has 0 aromatic heterocycles. The number of nitrogens with zero attached hydrogens (tertiary/aromatic N) is 2. The third kappa shape index (κ3) is 18.0. The van der Waals surface area contributed by atoms with Gasteiger partial charge in [0.05, 0.1) is 22.0 Å². The van der Waals surface area contributed by atoms with Crippen LogP contribution in [-0.2, 0) is 13.1 Å². The van der Waals surface area contributed by atoms with Gasteiger partial charge in [0.1, 0.15) is 0 Å². The van der Waals surface area contributed by atoms with Crippen LogP contribution in [0.15, 0.2) is 24.3 Å². The molecule has 266 valence electrons. The van der Waals surface area contributed by atoms with Crippen LogP contribution >= 0.6 is 38.6 Å². The lowest BCUT2D eigenvalue weighted by Gasteiger charge is -2.08. The molecule has 0 heterocycles. The molecule has 0 atom stereocenters. The SMILES string of the molecule is Br.O=[N+]([O-])c1cc(O)c(O)cc1CNCCCCCCNCCSSCCNCCCCCCNCc1cc(O)c(O)cc1[N+](=O)[O-]. The summed E-state index contributed by atoms with van der Waals surface area (Å²) in [6.45, 7) is 5.90. The standard InChI is InChI=1S/C30H48N6O8S2.BrH/c37-27-17-23(25(35(41)42)19-29(27)39)21-33-11-7-3-1-5-9-31-13-15-45-46-16-14-32-10-6-2-4-8-12-34-22-24-18-28(38)30(40)20-26(24)36(43)44;/h17-20,31-34,37-40H,1-16,21-22H2;1H. The summed E-state index contributed by atoms with van der Waals surface area (Å²) in [6.07, 6.45) is 8.48. The highest BCUT2D eigenvalue weighted by molar-refractivity contribution is 8.93. The number of nitrogens with one attached hydrogen (secondary N) is 4. The lowest BCUT2D eigenvalue weighted by Crippen LogP contribution is -2.19. The van der Waals surface area contributed by atoms with Crippen molar-refractivity contribution >= 4 is 49.9 Å². The first-order valence-corrected chi connectivity index (χ1v) is 18.1. The van der Waals surface area contributed by atoms with Crippen molar-refractivity contribution in [2.45, 2.75) is 64.5 Å². The Kier molecular flexibility index (Phi) is 23.0. The third-order valence-electron chi connectivity index (χ3n) is 7.10. The molecular weight excluding hydrogens is 716 g/mol. The molecule has 2 rings (SSSR count). The van der Waals surface area contributed by atoms with Gasteiger partial charge in [-0.05, 0) is 64.0 Å². The molecule has 0 radical (unpaired) electrons. The van der Waals surface area contributed by atoms with E-state index in [9.17, 15) is 40.7 Å². The van der Waals surface area contributed by atoms with Gasteiger partial charge in [0.15, 0.2) is 23.0 Å². The topological polar surface area (TPSA) is 215 Å². The van der Waals surface area contributed by atoms with Crippen molar-refractivity contribution in [1.82, 2.24) is 21.3 Å². The highest BCUT2D eigenvalue weighted by Crippen LogP contribution is 2.33. The molecule has 0 amide bonds. The lowest BCUT2D eigenvalue weighted by atomic mass is 10.1. The Bertz CT molecular complexity index is 1130. The summed E-state index contributed by atoms with van der Waals surface area (Å²) in [5.74, 6) is 0.404. The zero-order chi connectivity index (χ0) is 33.6. The van der Waals surface area contributed by atoms with Gasteiger partial charge >= 0.3 is 0 Å². The molecule has 0 aliphatic rings. The van der Waals surface area contributed by atoms with Crippen LogP contribution in [0.2, 0.25) is 0 Å². The van der Waals surface area contributed by atoms with Crippen LogP contribution in [0.4, 0.5) is 11.4 Å². The smallest absolute Gasteiger partial charge is 0.277 e. The van der Waals surface area contributed by atoms with Crippen LogP contribution in [0.25, 0.3) is 0 Å². The Morgan fingerprint density at radius 2 is 0.830 bits per heavy atom. The number of rotatable bonds is 27. The Morgan fingerprint density at radius 1 is 0.511 bits per heavy atom. The predicted molar refractivity (Wildman–Crippen MR) is 194 cm³/mol. The molecule has 0 saturated carbocycles. The number of hydrogen-bond acceptors (Lipinski definition) is 14. The van der Waals surface area contributed by atoms with E-state index < -0.39 is 21.3 Å². The molecule has 0 spiro atoms. The molecule has 0 saturated heterocycles. The monoisotopic (exact) mass is 764 g/mol. The Hall–Kier alpha value is -2.54. The Morgan fingerprint density at radius 3 is 1.17 bits per heavy atom. The van der Waals surface area contributed by atoms with E-state index >= 15 is 0 Å². The number of halogens is 1. The van der Waals surface area contributed by atoms with Crippen LogP contribution in [0, 0.1) is 20.2 Å². The average molecular weight is 766 g/mol. The molecular formula is C30H49BrN6O8S2. The molecule has 0 aliphatic heterocycles. The van der Waals surface area contributed by atoms with Crippen molar-refractivity contribution in [1.29, 1.82) is 0 Å². The van der Waals surface area contributed by atoms with E-state index in [1.54, 1.807) is 0 Å². The van der Waals surface area contributed by atoms with Crippen molar-refractivity contribution < 1.29 is 30.3 Å². The number of phenols is 4. The molecule has 47 heavy (non-hydrogen) atoms. The van der Waals surface area contributed by atoms with Crippen LogP contribution in [0.1, 0.15) is 62.5 Å². The fourth-order valence-electron chi connectivity index (χ4n) is 4.59. The fraction of sp³-hybridized carbons (Fsp3) is 0.600. The minimum atomic E-state index is -0.564. The first-order valence-electron chi connectivity index (χ1n) is 15.7. The van der Waals surface area contributed by atoms with Gasteiger partial charge in [-0.3, -0.25) is 20.2 Å². The molecule has 2 aromatic rings. The van der Waals surface area contributed by atoms with Gasteiger partial charge in [-0.25, -0.2) is 0 Å². The van der Waals surface area contributed by atoms with Crippen LogP contribution in [-0.4, -0.2) is 81.0 Å². The highest BCUT2D eigenvalue weighted by atomic mass is 79.9. The minimum Gasteiger partial charge on any atom is -0.504 e. The Balaban J connectivity index is 0.0000110. The molecule has 0 unspecified atom stereocenters. The number of hydrogen-bond donors (Lipinski definition) is 8. The number of nitro benzene ring substituents is 2. The van der Waals surface area contributed by atoms with E-state index in [0.29, 0.717) is 11.1 Å². The largest absolute Gasteiger partial charge is 0.504 e. The zero-order valence-electron chi connectivity index (χ0n) is 26.6. The maximum Gasteiger partial charge on any atom is 0.277 e. The second-order valence-corrected chi connectivity index (χ2v) is 13.5. The van der Waals surface area contributed by atoms with Gasteiger partial charge in [0, 0.05) is 48.8 Å². The minimum absolute atomic E-state index is 0. The highest BCUT2D eigenvalue weighted by Gasteiger charge is 2.18. The molecule has 14 nitrogen and oxygen atoms in total. The summed E-state index contributed by atoms with van der Waals surface area (Å²) in [6, 6.07) is 4.40. The van der Waals surface area contributed by atoms with E-state index in [1.807, 2.05) is 21.6 Å².